The number of likely N-dealkylation sites (tertiary alicyclic amines) is 2. The van der Waals surface area contributed by atoms with Gasteiger partial charge in [0.1, 0.15) is 4.75 Å². The largest absolute Gasteiger partial charge is 0.463 e. The molecule has 8 nitrogen and oxygen atoms in total. The van der Waals surface area contributed by atoms with Crippen molar-refractivity contribution in [2.75, 3.05) is 38.5 Å². The molecule has 3 fully saturated rings. The summed E-state index contributed by atoms with van der Waals surface area (Å²) in [5, 5.41) is 0. The first-order valence-electron chi connectivity index (χ1n) is 8.68. The summed E-state index contributed by atoms with van der Waals surface area (Å²) in [6, 6.07) is 1.92. The molecule has 3 saturated heterocycles. The van der Waals surface area contributed by atoms with Crippen LogP contribution in [-0.2, 0) is 9.84 Å². The molecule has 3 aliphatic rings. The van der Waals surface area contributed by atoms with Crippen LogP contribution in [0.4, 0.5) is 4.79 Å². The van der Waals surface area contributed by atoms with E-state index in [1.54, 1.807) is 23.4 Å². The molecule has 0 saturated carbocycles. The third-order valence-corrected chi connectivity index (χ3v) is 8.22. The Kier molecular flexibility index (Phi) is 4.05. The monoisotopic (exact) mass is 366 g/mol. The Labute approximate surface area is 147 Å². The van der Waals surface area contributed by atoms with E-state index in [2.05, 4.69) is 9.97 Å². The molecule has 1 atom stereocenters. The molecule has 0 radical (unpaired) electrons. The average Bonchev–Trinajstić information content (AvgIpc) is 3.18. The maximum Gasteiger partial charge on any atom is 0.320 e. The normalized spacial score (nSPS) is 26.6. The van der Waals surface area contributed by atoms with Gasteiger partial charge in [-0.1, -0.05) is 0 Å². The van der Waals surface area contributed by atoms with E-state index < -0.39 is 14.6 Å². The van der Waals surface area contributed by atoms with Crippen molar-refractivity contribution in [3.63, 3.8) is 0 Å². The summed E-state index contributed by atoms with van der Waals surface area (Å²) in [7, 11) is -3.23. The number of carbonyl (C=O) groups is 1. The van der Waals surface area contributed by atoms with Crippen LogP contribution in [0.5, 0.6) is 6.01 Å². The van der Waals surface area contributed by atoms with Crippen LogP contribution < -0.4 is 4.74 Å². The average molecular weight is 366 g/mol. The summed E-state index contributed by atoms with van der Waals surface area (Å²) in [4.78, 5) is 24.0. The van der Waals surface area contributed by atoms with Crippen molar-refractivity contribution in [2.45, 2.75) is 24.0 Å². The molecule has 2 amide bonds. The Balaban J connectivity index is 1.44. The van der Waals surface area contributed by atoms with Gasteiger partial charge < -0.3 is 14.5 Å². The number of urea groups is 1. The molecule has 1 aromatic rings. The van der Waals surface area contributed by atoms with Crippen molar-refractivity contribution in [2.24, 2.45) is 5.92 Å². The lowest BCUT2D eigenvalue weighted by molar-refractivity contribution is 0.0692. The molecule has 0 aromatic carbocycles. The lowest BCUT2D eigenvalue weighted by Gasteiger charge is -2.50. The molecule has 0 aliphatic carbocycles. The van der Waals surface area contributed by atoms with Crippen molar-refractivity contribution in [3.8, 4) is 6.01 Å². The van der Waals surface area contributed by atoms with Gasteiger partial charge in [-0.25, -0.2) is 23.2 Å². The van der Waals surface area contributed by atoms with E-state index in [-0.39, 0.29) is 43.4 Å². The molecule has 0 bridgehead atoms. The summed E-state index contributed by atoms with van der Waals surface area (Å²) in [5.41, 5.74) is 0. The zero-order chi connectivity index (χ0) is 17.5. The Morgan fingerprint density at radius 3 is 2.56 bits per heavy atom. The SMILES string of the molecule is O=C(N1CCCC1)N1CC2(C1)C(COc1ncccn1)CCS2(=O)=O. The van der Waals surface area contributed by atoms with Crippen LogP contribution in [0.3, 0.4) is 0 Å². The molecule has 9 heteroatoms. The number of hydrogen-bond donors (Lipinski definition) is 0. The quantitative estimate of drug-likeness (QED) is 0.776. The molecule has 25 heavy (non-hydrogen) atoms. The van der Waals surface area contributed by atoms with Crippen LogP contribution in [-0.4, -0.2) is 77.5 Å². The third-order valence-electron chi connectivity index (χ3n) is 5.62. The van der Waals surface area contributed by atoms with Gasteiger partial charge in [-0.2, -0.15) is 0 Å². The predicted octanol–water partition coefficient (Wildman–Crippen LogP) is 0.560. The van der Waals surface area contributed by atoms with Crippen molar-refractivity contribution >= 4 is 15.9 Å². The molecule has 0 N–H and O–H groups in total. The first-order chi connectivity index (χ1) is 12.0. The minimum absolute atomic E-state index is 0.0312. The summed E-state index contributed by atoms with van der Waals surface area (Å²) in [6.45, 7) is 2.34. The predicted molar refractivity (Wildman–Crippen MR) is 89.9 cm³/mol. The van der Waals surface area contributed by atoms with Gasteiger partial charge in [0.2, 0.25) is 0 Å². The number of amides is 2. The molecule has 1 aromatic heterocycles. The van der Waals surface area contributed by atoms with E-state index in [1.165, 1.54) is 0 Å². The molecule has 3 aliphatic heterocycles. The number of ether oxygens (including phenoxy) is 1. The lowest BCUT2D eigenvalue weighted by Crippen LogP contribution is -2.70. The maximum atomic E-state index is 12.6. The van der Waals surface area contributed by atoms with Gasteiger partial charge in [0.25, 0.3) is 0 Å². The van der Waals surface area contributed by atoms with Crippen molar-refractivity contribution in [1.82, 2.24) is 19.8 Å². The Morgan fingerprint density at radius 1 is 1.20 bits per heavy atom. The molecule has 4 heterocycles. The summed E-state index contributed by atoms with van der Waals surface area (Å²) in [6.07, 6.45) is 5.78. The van der Waals surface area contributed by atoms with E-state index in [0.29, 0.717) is 6.42 Å². The van der Waals surface area contributed by atoms with Gasteiger partial charge >= 0.3 is 12.0 Å². The highest BCUT2D eigenvalue weighted by atomic mass is 32.2. The zero-order valence-electron chi connectivity index (χ0n) is 14.0. The van der Waals surface area contributed by atoms with Gasteiger partial charge in [0.05, 0.1) is 12.4 Å². The first kappa shape index (κ1) is 16.6. The summed E-state index contributed by atoms with van der Waals surface area (Å²) in [5.74, 6) is 0.0199. The van der Waals surface area contributed by atoms with Gasteiger partial charge in [-0.15, -0.1) is 0 Å². The molecular formula is C16H22N4O4S. The topological polar surface area (TPSA) is 92.7 Å². The van der Waals surface area contributed by atoms with Crippen molar-refractivity contribution in [1.29, 1.82) is 0 Å². The van der Waals surface area contributed by atoms with Crippen LogP contribution in [0.15, 0.2) is 18.5 Å². The number of carbonyl (C=O) groups excluding carboxylic acids is 1. The molecule has 1 unspecified atom stereocenters. The number of nitrogens with zero attached hydrogens (tertiary/aromatic N) is 4. The molecule has 4 rings (SSSR count). The highest BCUT2D eigenvalue weighted by Gasteiger charge is 2.63. The van der Waals surface area contributed by atoms with Crippen molar-refractivity contribution in [3.05, 3.63) is 18.5 Å². The summed E-state index contributed by atoms with van der Waals surface area (Å²) >= 11 is 0. The van der Waals surface area contributed by atoms with Gasteiger partial charge in [0, 0.05) is 44.5 Å². The second kappa shape index (κ2) is 6.12. The number of aromatic nitrogens is 2. The zero-order valence-corrected chi connectivity index (χ0v) is 14.8. The second-order valence-electron chi connectivity index (χ2n) is 7.04. The van der Waals surface area contributed by atoms with E-state index in [4.69, 9.17) is 4.74 Å². The van der Waals surface area contributed by atoms with Crippen molar-refractivity contribution < 1.29 is 17.9 Å². The number of hydrogen-bond acceptors (Lipinski definition) is 6. The first-order valence-corrected chi connectivity index (χ1v) is 10.3. The van der Waals surface area contributed by atoms with Crippen LogP contribution in [0, 0.1) is 5.92 Å². The van der Waals surface area contributed by atoms with Gasteiger partial charge in [0.15, 0.2) is 9.84 Å². The van der Waals surface area contributed by atoms with Crippen LogP contribution >= 0.6 is 0 Å². The van der Waals surface area contributed by atoms with E-state index in [0.717, 1.165) is 25.9 Å². The molecule has 136 valence electrons. The Bertz CT molecular complexity index is 743. The maximum absolute atomic E-state index is 12.6. The van der Waals surface area contributed by atoms with Gasteiger partial charge in [-0.3, -0.25) is 0 Å². The highest BCUT2D eigenvalue weighted by Crippen LogP contribution is 2.45. The van der Waals surface area contributed by atoms with Crippen LogP contribution in [0.25, 0.3) is 0 Å². The smallest absolute Gasteiger partial charge is 0.320 e. The number of sulfone groups is 1. The lowest BCUT2D eigenvalue weighted by atomic mass is 9.84. The Hall–Kier alpha value is -1.90. The fourth-order valence-electron chi connectivity index (χ4n) is 4.09. The summed E-state index contributed by atoms with van der Waals surface area (Å²) < 4.78 is 30.0. The fraction of sp³-hybridized carbons (Fsp3) is 0.688. The van der Waals surface area contributed by atoms with Crippen LogP contribution in [0.2, 0.25) is 0 Å². The van der Waals surface area contributed by atoms with E-state index >= 15 is 0 Å². The number of rotatable bonds is 3. The fourth-order valence-corrected chi connectivity index (χ4v) is 6.49. The van der Waals surface area contributed by atoms with E-state index in [1.807, 2.05) is 4.90 Å². The third kappa shape index (κ3) is 2.74. The standard InChI is InChI=1S/C16H22N4O4S/c21-15(19-7-1-2-8-19)20-11-16(12-20)13(4-9-25(16,22)23)10-24-14-17-5-3-6-18-14/h3,5-6,13H,1-2,4,7-12H2. The molecule has 1 spiro atoms. The minimum Gasteiger partial charge on any atom is -0.463 e. The minimum atomic E-state index is -3.23. The molecular weight excluding hydrogens is 344 g/mol. The Morgan fingerprint density at radius 2 is 1.88 bits per heavy atom. The van der Waals surface area contributed by atoms with Crippen LogP contribution in [0.1, 0.15) is 19.3 Å². The van der Waals surface area contributed by atoms with Gasteiger partial charge in [-0.05, 0) is 25.3 Å². The highest BCUT2D eigenvalue weighted by molar-refractivity contribution is 7.93. The second-order valence-corrected chi connectivity index (χ2v) is 9.50. The van der Waals surface area contributed by atoms with E-state index in [9.17, 15) is 13.2 Å².